The standard InChI is InChI=1S/C14H11N3O4/c18-13-12(17(20)21)11(15-14(19)16-13)9-5-4-8-10-6-2-1-3-7-10/h1-9H,(H2,15,16,18,19)/b8-4-,9-5+. The molecule has 2 N–H and O–H groups in total. The molecule has 7 heteroatoms. The van der Waals surface area contributed by atoms with Crippen molar-refractivity contribution in [2.24, 2.45) is 0 Å². The highest BCUT2D eigenvalue weighted by Gasteiger charge is 2.18. The number of rotatable bonds is 4. The molecule has 7 nitrogen and oxygen atoms in total. The molecule has 0 atom stereocenters. The second kappa shape index (κ2) is 6.29. The zero-order chi connectivity index (χ0) is 15.2. The molecule has 0 saturated heterocycles. The Morgan fingerprint density at radius 2 is 1.67 bits per heavy atom. The predicted molar refractivity (Wildman–Crippen MR) is 78.8 cm³/mol. The lowest BCUT2D eigenvalue weighted by atomic mass is 10.2. The molecule has 2 rings (SSSR count). The molecule has 0 aliphatic rings. The molecule has 0 fully saturated rings. The van der Waals surface area contributed by atoms with Crippen LogP contribution in [0, 0.1) is 10.1 Å². The SMILES string of the molecule is O=c1[nH]c(/C=C/C=C\c2ccccc2)c([N+](=O)[O-])c(=O)[nH]1. The predicted octanol–water partition coefficient (Wildman–Crippen LogP) is 1.70. The van der Waals surface area contributed by atoms with E-state index in [1.807, 2.05) is 35.3 Å². The van der Waals surface area contributed by atoms with Crippen molar-refractivity contribution < 1.29 is 4.92 Å². The zero-order valence-corrected chi connectivity index (χ0v) is 10.8. The Bertz CT molecular complexity index is 816. The fourth-order valence-corrected chi connectivity index (χ4v) is 1.68. The lowest BCUT2D eigenvalue weighted by Crippen LogP contribution is -2.25. The number of hydrogen-bond acceptors (Lipinski definition) is 4. The van der Waals surface area contributed by atoms with Crippen LogP contribution in [0.4, 0.5) is 5.69 Å². The molecule has 0 unspecified atom stereocenters. The summed E-state index contributed by atoms with van der Waals surface area (Å²) in [5, 5.41) is 10.8. The first-order valence-corrected chi connectivity index (χ1v) is 5.99. The highest BCUT2D eigenvalue weighted by atomic mass is 16.6. The van der Waals surface area contributed by atoms with Crippen LogP contribution < -0.4 is 11.2 Å². The summed E-state index contributed by atoms with van der Waals surface area (Å²) in [6, 6.07) is 9.42. The van der Waals surface area contributed by atoms with E-state index in [1.54, 1.807) is 12.2 Å². The van der Waals surface area contributed by atoms with Gasteiger partial charge in [0.1, 0.15) is 5.69 Å². The maximum Gasteiger partial charge on any atom is 0.357 e. The molecule has 0 bridgehead atoms. The number of nitro groups is 1. The van der Waals surface area contributed by atoms with Crippen molar-refractivity contribution in [3.05, 3.63) is 84.7 Å². The third-order valence-corrected chi connectivity index (χ3v) is 2.59. The normalized spacial score (nSPS) is 11.2. The third kappa shape index (κ3) is 3.63. The fourth-order valence-electron chi connectivity index (χ4n) is 1.68. The van der Waals surface area contributed by atoms with Gasteiger partial charge in [0.15, 0.2) is 0 Å². The Balaban J connectivity index is 2.29. The van der Waals surface area contributed by atoms with Crippen LogP contribution >= 0.6 is 0 Å². The van der Waals surface area contributed by atoms with Gasteiger partial charge in [0.25, 0.3) is 0 Å². The summed E-state index contributed by atoms with van der Waals surface area (Å²) < 4.78 is 0. The minimum Gasteiger partial charge on any atom is -0.301 e. The van der Waals surface area contributed by atoms with E-state index in [4.69, 9.17) is 0 Å². The van der Waals surface area contributed by atoms with Crippen LogP contribution in [-0.2, 0) is 0 Å². The number of aromatic nitrogens is 2. The average Bonchev–Trinajstić information content (AvgIpc) is 2.43. The summed E-state index contributed by atoms with van der Waals surface area (Å²) in [6.07, 6.45) is 6.24. The first kappa shape index (κ1) is 14.2. The molecule has 0 spiro atoms. The number of H-pyrrole nitrogens is 2. The number of nitrogens with zero attached hydrogens (tertiary/aromatic N) is 1. The van der Waals surface area contributed by atoms with E-state index in [0.29, 0.717) is 0 Å². The molecule has 1 aromatic carbocycles. The van der Waals surface area contributed by atoms with Gasteiger partial charge >= 0.3 is 16.9 Å². The van der Waals surface area contributed by atoms with Gasteiger partial charge in [0, 0.05) is 0 Å². The first-order chi connectivity index (χ1) is 10.1. The molecular formula is C14H11N3O4. The molecule has 0 radical (unpaired) electrons. The van der Waals surface area contributed by atoms with Crippen molar-refractivity contribution in [3.8, 4) is 0 Å². The van der Waals surface area contributed by atoms with Gasteiger partial charge in [0.2, 0.25) is 0 Å². The quantitative estimate of drug-likeness (QED) is 0.506. The van der Waals surface area contributed by atoms with E-state index < -0.39 is 21.9 Å². The summed E-state index contributed by atoms with van der Waals surface area (Å²) in [5.41, 5.74) is -1.71. The molecule has 0 amide bonds. The third-order valence-electron chi connectivity index (χ3n) is 2.59. The Labute approximate surface area is 118 Å². The Kier molecular flexibility index (Phi) is 4.25. The van der Waals surface area contributed by atoms with Gasteiger partial charge in [-0.25, -0.2) is 4.79 Å². The lowest BCUT2D eigenvalue weighted by molar-refractivity contribution is -0.386. The second-order valence-corrected chi connectivity index (χ2v) is 4.06. The molecule has 21 heavy (non-hydrogen) atoms. The van der Waals surface area contributed by atoms with Crippen LogP contribution in [0.1, 0.15) is 11.3 Å². The maximum absolute atomic E-state index is 11.4. The Hall–Kier alpha value is -3.22. The van der Waals surface area contributed by atoms with Crippen molar-refractivity contribution in [2.75, 3.05) is 0 Å². The van der Waals surface area contributed by atoms with Crippen molar-refractivity contribution in [3.63, 3.8) is 0 Å². The number of nitrogens with one attached hydrogen (secondary N) is 2. The summed E-state index contributed by atoms with van der Waals surface area (Å²) >= 11 is 0. The van der Waals surface area contributed by atoms with Crippen LogP contribution in [-0.4, -0.2) is 14.9 Å². The van der Waals surface area contributed by atoms with Crippen LogP contribution in [0.15, 0.2) is 52.1 Å². The van der Waals surface area contributed by atoms with Crippen molar-refractivity contribution >= 4 is 17.8 Å². The van der Waals surface area contributed by atoms with Crippen molar-refractivity contribution in [1.82, 2.24) is 9.97 Å². The summed E-state index contributed by atoms with van der Waals surface area (Å²) in [4.78, 5) is 36.6. The van der Waals surface area contributed by atoms with Crippen molar-refractivity contribution in [1.29, 1.82) is 0 Å². The largest absolute Gasteiger partial charge is 0.357 e. The average molecular weight is 285 g/mol. The lowest BCUT2D eigenvalue weighted by Gasteiger charge is -1.95. The number of benzene rings is 1. The van der Waals surface area contributed by atoms with Gasteiger partial charge in [-0.3, -0.25) is 19.9 Å². The van der Waals surface area contributed by atoms with Gasteiger partial charge in [-0.2, -0.15) is 0 Å². The van der Waals surface area contributed by atoms with E-state index in [-0.39, 0.29) is 5.69 Å². The first-order valence-electron chi connectivity index (χ1n) is 5.99. The van der Waals surface area contributed by atoms with Gasteiger partial charge in [-0.05, 0) is 11.6 Å². The minimum atomic E-state index is -1.03. The van der Waals surface area contributed by atoms with Crippen molar-refractivity contribution in [2.45, 2.75) is 0 Å². The Morgan fingerprint density at radius 3 is 2.33 bits per heavy atom. The van der Waals surface area contributed by atoms with E-state index in [2.05, 4.69) is 4.98 Å². The summed E-state index contributed by atoms with van der Waals surface area (Å²) in [5.74, 6) is 0. The number of aromatic amines is 2. The highest BCUT2D eigenvalue weighted by molar-refractivity contribution is 5.59. The zero-order valence-electron chi connectivity index (χ0n) is 10.8. The molecule has 0 aliphatic heterocycles. The number of allylic oxidation sites excluding steroid dienone is 2. The number of hydrogen-bond donors (Lipinski definition) is 2. The van der Waals surface area contributed by atoms with Gasteiger partial charge < -0.3 is 4.98 Å². The smallest absolute Gasteiger partial charge is 0.301 e. The van der Waals surface area contributed by atoms with Crippen LogP contribution in [0.5, 0.6) is 0 Å². The molecule has 2 aromatic rings. The van der Waals surface area contributed by atoms with Crippen LogP contribution in [0.3, 0.4) is 0 Å². The maximum atomic E-state index is 11.4. The van der Waals surface area contributed by atoms with E-state index in [9.17, 15) is 19.7 Å². The molecule has 0 saturated carbocycles. The van der Waals surface area contributed by atoms with Gasteiger partial charge in [-0.1, -0.05) is 48.6 Å². The van der Waals surface area contributed by atoms with Gasteiger partial charge in [-0.15, -0.1) is 0 Å². The molecule has 1 aromatic heterocycles. The Morgan fingerprint density at radius 1 is 1.00 bits per heavy atom. The fraction of sp³-hybridized carbons (Fsp3) is 0. The monoisotopic (exact) mass is 285 g/mol. The summed E-state index contributed by atoms with van der Waals surface area (Å²) in [7, 11) is 0. The molecule has 0 aliphatic carbocycles. The second-order valence-electron chi connectivity index (χ2n) is 4.06. The summed E-state index contributed by atoms with van der Waals surface area (Å²) in [6.45, 7) is 0. The van der Waals surface area contributed by atoms with Crippen LogP contribution in [0.25, 0.3) is 12.2 Å². The van der Waals surface area contributed by atoms with E-state index in [1.165, 1.54) is 12.2 Å². The van der Waals surface area contributed by atoms with E-state index in [0.717, 1.165) is 5.56 Å². The topological polar surface area (TPSA) is 109 Å². The molecular weight excluding hydrogens is 274 g/mol. The van der Waals surface area contributed by atoms with Gasteiger partial charge in [0.05, 0.1) is 4.92 Å². The van der Waals surface area contributed by atoms with E-state index >= 15 is 0 Å². The highest BCUT2D eigenvalue weighted by Crippen LogP contribution is 2.10. The van der Waals surface area contributed by atoms with Crippen LogP contribution in [0.2, 0.25) is 0 Å². The molecule has 1 heterocycles. The molecule has 106 valence electrons. The minimum absolute atomic E-state index is 0.147.